The van der Waals surface area contributed by atoms with Gasteiger partial charge in [-0.05, 0) is 17.7 Å². The largest absolute Gasteiger partial charge is 0.496 e. The predicted octanol–water partition coefficient (Wildman–Crippen LogP) is 1.97. The molecule has 5 nitrogen and oxygen atoms in total. The zero-order valence-electron chi connectivity index (χ0n) is 12.9. The number of amides is 2. The Bertz CT molecular complexity index is 743. The third kappa shape index (κ3) is 3.18. The number of carbonyl (C=O) groups excluding carboxylic acids is 2. The van der Waals surface area contributed by atoms with Gasteiger partial charge in [0.1, 0.15) is 12.3 Å². The summed E-state index contributed by atoms with van der Waals surface area (Å²) in [5.41, 5.74) is 2.56. The van der Waals surface area contributed by atoms with Crippen LogP contribution in [0.5, 0.6) is 5.75 Å². The number of carbonyl (C=O) groups is 2. The van der Waals surface area contributed by atoms with Crippen molar-refractivity contribution in [1.82, 2.24) is 10.2 Å². The van der Waals surface area contributed by atoms with Crippen LogP contribution in [0.3, 0.4) is 0 Å². The lowest BCUT2D eigenvalue weighted by Gasteiger charge is -2.15. The number of ether oxygens (including phenoxy) is 1. The van der Waals surface area contributed by atoms with Gasteiger partial charge in [-0.15, -0.1) is 0 Å². The van der Waals surface area contributed by atoms with Gasteiger partial charge >= 0.3 is 0 Å². The number of hydrogen-bond donors (Lipinski definition) is 1. The third-order valence-corrected chi connectivity index (χ3v) is 3.90. The summed E-state index contributed by atoms with van der Waals surface area (Å²) in [5, 5.41) is 2.84. The zero-order chi connectivity index (χ0) is 16.2. The van der Waals surface area contributed by atoms with Crippen LogP contribution in [0, 0.1) is 0 Å². The molecule has 0 radical (unpaired) electrons. The number of fused-ring (bicyclic) bond motifs is 1. The van der Waals surface area contributed by atoms with Crippen molar-refractivity contribution in [1.29, 1.82) is 0 Å². The lowest BCUT2D eigenvalue weighted by Crippen LogP contribution is -2.37. The molecule has 1 N–H and O–H groups in total. The second-order valence-corrected chi connectivity index (χ2v) is 5.41. The number of nitrogens with one attached hydrogen (secondary N) is 1. The molecule has 1 aliphatic heterocycles. The fourth-order valence-corrected chi connectivity index (χ4v) is 2.71. The average molecular weight is 310 g/mol. The van der Waals surface area contributed by atoms with E-state index in [1.165, 1.54) is 0 Å². The molecule has 118 valence electrons. The molecule has 5 heteroatoms. The van der Waals surface area contributed by atoms with Gasteiger partial charge in [-0.2, -0.15) is 0 Å². The predicted molar refractivity (Wildman–Crippen MR) is 86.0 cm³/mol. The minimum Gasteiger partial charge on any atom is -0.496 e. The Morgan fingerprint density at radius 1 is 1.17 bits per heavy atom. The molecule has 0 unspecified atom stereocenters. The van der Waals surface area contributed by atoms with E-state index in [4.69, 9.17) is 4.74 Å². The fourth-order valence-electron chi connectivity index (χ4n) is 2.71. The Kier molecular flexibility index (Phi) is 4.28. The molecule has 0 aromatic heterocycles. The summed E-state index contributed by atoms with van der Waals surface area (Å²) in [7, 11) is 1.60. The Labute approximate surface area is 134 Å². The summed E-state index contributed by atoms with van der Waals surface area (Å²) in [6.07, 6.45) is 0. The second-order valence-electron chi connectivity index (χ2n) is 5.41. The van der Waals surface area contributed by atoms with Crippen molar-refractivity contribution in [3.63, 3.8) is 0 Å². The first-order valence-electron chi connectivity index (χ1n) is 7.45. The highest BCUT2D eigenvalue weighted by Crippen LogP contribution is 2.22. The SMILES string of the molecule is COc1ccccc1CNC(=O)CN1Cc2ccccc2C1=O. The van der Waals surface area contributed by atoms with Gasteiger partial charge in [0.15, 0.2) is 0 Å². The smallest absolute Gasteiger partial charge is 0.254 e. The quantitative estimate of drug-likeness (QED) is 0.918. The van der Waals surface area contributed by atoms with Gasteiger partial charge in [-0.25, -0.2) is 0 Å². The van der Waals surface area contributed by atoms with Crippen molar-refractivity contribution in [2.24, 2.45) is 0 Å². The number of para-hydroxylation sites is 1. The summed E-state index contributed by atoms with van der Waals surface area (Å²) < 4.78 is 5.25. The highest BCUT2D eigenvalue weighted by molar-refractivity contribution is 6.00. The molecule has 0 bridgehead atoms. The van der Waals surface area contributed by atoms with E-state index < -0.39 is 0 Å². The maximum atomic E-state index is 12.2. The van der Waals surface area contributed by atoms with E-state index in [0.29, 0.717) is 18.7 Å². The summed E-state index contributed by atoms with van der Waals surface area (Å²) in [4.78, 5) is 25.9. The molecule has 0 aliphatic carbocycles. The van der Waals surface area contributed by atoms with Crippen LogP contribution in [0.15, 0.2) is 48.5 Å². The summed E-state index contributed by atoms with van der Waals surface area (Å²) in [6.45, 7) is 0.914. The number of methoxy groups -OCH3 is 1. The van der Waals surface area contributed by atoms with Gasteiger partial charge in [0, 0.05) is 24.2 Å². The highest BCUT2D eigenvalue weighted by atomic mass is 16.5. The van der Waals surface area contributed by atoms with E-state index in [2.05, 4.69) is 5.32 Å². The van der Waals surface area contributed by atoms with Crippen molar-refractivity contribution >= 4 is 11.8 Å². The molecule has 1 heterocycles. The van der Waals surface area contributed by atoms with Gasteiger partial charge < -0.3 is 15.0 Å². The normalized spacial score (nSPS) is 12.9. The van der Waals surface area contributed by atoms with Crippen molar-refractivity contribution in [2.45, 2.75) is 13.1 Å². The van der Waals surface area contributed by atoms with Crippen LogP contribution in [-0.4, -0.2) is 30.4 Å². The lowest BCUT2D eigenvalue weighted by atomic mass is 10.1. The minimum atomic E-state index is -0.183. The Balaban J connectivity index is 1.58. The van der Waals surface area contributed by atoms with Crippen LogP contribution in [0.4, 0.5) is 0 Å². The number of hydrogen-bond acceptors (Lipinski definition) is 3. The van der Waals surface area contributed by atoms with Crippen molar-refractivity contribution in [3.05, 3.63) is 65.2 Å². The number of rotatable bonds is 5. The lowest BCUT2D eigenvalue weighted by molar-refractivity contribution is -0.122. The van der Waals surface area contributed by atoms with Gasteiger partial charge in [-0.3, -0.25) is 9.59 Å². The molecule has 2 aromatic rings. The molecule has 3 rings (SSSR count). The van der Waals surface area contributed by atoms with Crippen molar-refractivity contribution in [2.75, 3.05) is 13.7 Å². The van der Waals surface area contributed by atoms with E-state index >= 15 is 0 Å². The van der Waals surface area contributed by atoms with Crippen LogP contribution in [-0.2, 0) is 17.9 Å². The van der Waals surface area contributed by atoms with E-state index in [9.17, 15) is 9.59 Å². The maximum Gasteiger partial charge on any atom is 0.254 e. The zero-order valence-corrected chi connectivity index (χ0v) is 12.9. The van der Waals surface area contributed by atoms with E-state index in [0.717, 1.165) is 16.9 Å². The molecule has 2 amide bonds. The van der Waals surface area contributed by atoms with E-state index in [1.54, 1.807) is 18.1 Å². The molecule has 2 aromatic carbocycles. The number of nitrogens with zero attached hydrogens (tertiary/aromatic N) is 1. The molecule has 0 fully saturated rings. The van der Waals surface area contributed by atoms with E-state index in [1.807, 2.05) is 42.5 Å². The van der Waals surface area contributed by atoms with Crippen LogP contribution in [0.1, 0.15) is 21.5 Å². The first kappa shape index (κ1) is 15.1. The molecule has 0 spiro atoms. The van der Waals surface area contributed by atoms with Gasteiger partial charge in [0.2, 0.25) is 5.91 Å². The minimum absolute atomic E-state index is 0.0582. The Hall–Kier alpha value is -2.82. The molecular formula is C18H18N2O3. The Morgan fingerprint density at radius 2 is 1.91 bits per heavy atom. The monoisotopic (exact) mass is 310 g/mol. The first-order valence-corrected chi connectivity index (χ1v) is 7.45. The Morgan fingerprint density at radius 3 is 2.70 bits per heavy atom. The van der Waals surface area contributed by atoms with Crippen LogP contribution in [0.2, 0.25) is 0 Å². The maximum absolute atomic E-state index is 12.2. The van der Waals surface area contributed by atoms with Gasteiger partial charge in [0.05, 0.1) is 7.11 Å². The first-order chi connectivity index (χ1) is 11.2. The summed E-state index contributed by atoms with van der Waals surface area (Å²) >= 11 is 0. The standard InChI is InChI=1S/C18H18N2O3/c1-23-16-9-5-3-6-13(16)10-19-17(21)12-20-11-14-7-2-4-8-15(14)18(20)22/h2-9H,10-12H2,1H3,(H,19,21). The fraction of sp³-hybridized carbons (Fsp3) is 0.222. The third-order valence-electron chi connectivity index (χ3n) is 3.90. The summed E-state index contributed by atoms with van der Waals surface area (Å²) in [5.74, 6) is 0.461. The highest BCUT2D eigenvalue weighted by Gasteiger charge is 2.28. The van der Waals surface area contributed by atoms with Gasteiger partial charge in [-0.1, -0.05) is 36.4 Å². The topological polar surface area (TPSA) is 58.6 Å². The van der Waals surface area contributed by atoms with E-state index in [-0.39, 0.29) is 18.4 Å². The molecular weight excluding hydrogens is 292 g/mol. The van der Waals surface area contributed by atoms with Crippen molar-refractivity contribution < 1.29 is 14.3 Å². The second kappa shape index (κ2) is 6.52. The van der Waals surface area contributed by atoms with Gasteiger partial charge in [0.25, 0.3) is 5.91 Å². The van der Waals surface area contributed by atoms with Crippen LogP contribution >= 0.6 is 0 Å². The molecule has 0 saturated carbocycles. The summed E-state index contributed by atoms with van der Waals surface area (Å²) in [6, 6.07) is 15.0. The van der Waals surface area contributed by atoms with Crippen LogP contribution < -0.4 is 10.1 Å². The molecule has 0 atom stereocenters. The molecule has 23 heavy (non-hydrogen) atoms. The molecule has 0 saturated heterocycles. The van der Waals surface area contributed by atoms with Crippen molar-refractivity contribution in [3.8, 4) is 5.75 Å². The average Bonchev–Trinajstić information content (AvgIpc) is 2.89. The molecule has 1 aliphatic rings. The van der Waals surface area contributed by atoms with Crippen LogP contribution in [0.25, 0.3) is 0 Å². The number of benzene rings is 2.